The summed E-state index contributed by atoms with van der Waals surface area (Å²) in [5.41, 5.74) is 4.28. The molecule has 2 heterocycles. The highest BCUT2D eigenvalue weighted by molar-refractivity contribution is 5.94. The molecule has 27 heavy (non-hydrogen) atoms. The SMILES string of the molecule is N#Cc1ccc(C(=O)N2CCC[C@@H](c3cc(-c4ccccc4)n[nH]3)C2)cc1. The molecule has 5 heteroatoms. The maximum Gasteiger partial charge on any atom is 0.253 e. The van der Waals surface area contributed by atoms with Gasteiger partial charge in [-0.1, -0.05) is 30.3 Å². The summed E-state index contributed by atoms with van der Waals surface area (Å²) in [6.07, 6.45) is 2.00. The van der Waals surface area contributed by atoms with Gasteiger partial charge in [-0.25, -0.2) is 0 Å². The number of aromatic nitrogens is 2. The smallest absolute Gasteiger partial charge is 0.253 e. The first kappa shape index (κ1) is 17.0. The lowest BCUT2D eigenvalue weighted by atomic mass is 9.93. The van der Waals surface area contributed by atoms with Crippen LogP contribution in [0.3, 0.4) is 0 Å². The first-order valence-electron chi connectivity index (χ1n) is 9.15. The highest BCUT2D eigenvalue weighted by Crippen LogP contribution is 2.29. The summed E-state index contributed by atoms with van der Waals surface area (Å²) >= 11 is 0. The number of nitrogens with zero attached hydrogens (tertiary/aromatic N) is 3. The zero-order valence-electron chi connectivity index (χ0n) is 14.9. The molecule has 4 rings (SSSR count). The van der Waals surface area contributed by atoms with Crippen LogP contribution in [0.1, 0.15) is 40.4 Å². The molecule has 0 spiro atoms. The number of hydrogen-bond donors (Lipinski definition) is 1. The first-order valence-corrected chi connectivity index (χ1v) is 9.15. The number of carbonyl (C=O) groups excluding carboxylic acids is 1. The quantitative estimate of drug-likeness (QED) is 0.772. The van der Waals surface area contributed by atoms with Crippen LogP contribution in [0.2, 0.25) is 0 Å². The van der Waals surface area contributed by atoms with Crippen LogP contribution in [0.4, 0.5) is 0 Å². The number of likely N-dealkylation sites (tertiary alicyclic amines) is 1. The molecule has 1 aliphatic heterocycles. The number of nitrogens with one attached hydrogen (secondary N) is 1. The van der Waals surface area contributed by atoms with Gasteiger partial charge >= 0.3 is 0 Å². The molecular formula is C22H20N4O. The average molecular weight is 356 g/mol. The Bertz CT molecular complexity index is 970. The molecule has 3 aromatic rings. The molecule has 1 amide bonds. The van der Waals surface area contributed by atoms with Gasteiger partial charge in [-0.15, -0.1) is 0 Å². The summed E-state index contributed by atoms with van der Waals surface area (Å²) in [6.45, 7) is 1.43. The Kier molecular flexibility index (Phi) is 4.71. The van der Waals surface area contributed by atoms with Crippen molar-refractivity contribution in [1.29, 1.82) is 5.26 Å². The lowest BCUT2D eigenvalue weighted by molar-refractivity contribution is 0.0706. The molecule has 1 fully saturated rings. The molecule has 134 valence electrons. The highest BCUT2D eigenvalue weighted by Gasteiger charge is 2.26. The van der Waals surface area contributed by atoms with Crippen molar-refractivity contribution in [2.45, 2.75) is 18.8 Å². The van der Waals surface area contributed by atoms with Crippen LogP contribution < -0.4 is 0 Å². The molecule has 1 N–H and O–H groups in total. The Morgan fingerprint density at radius 2 is 1.93 bits per heavy atom. The van der Waals surface area contributed by atoms with E-state index in [2.05, 4.69) is 22.3 Å². The number of rotatable bonds is 3. The van der Waals surface area contributed by atoms with E-state index in [-0.39, 0.29) is 11.8 Å². The van der Waals surface area contributed by atoms with Crippen molar-refractivity contribution in [3.8, 4) is 17.3 Å². The van der Waals surface area contributed by atoms with E-state index in [9.17, 15) is 4.79 Å². The Morgan fingerprint density at radius 3 is 2.67 bits per heavy atom. The van der Waals surface area contributed by atoms with Gasteiger partial charge in [-0.2, -0.15) is 10.4 Å². The maximum absolute atomic E-state index is 12.8. The molecule has 1 saturated heterocycles. The van der Waals surface area contributed by atoms with Crippen LogP contribution in [0.15, 0.2) is 60.7 Å². The van der Waals surface area contributed by atoms with Crippen LogP contribution in [-0.4, -0.2) is 34.1 Å². The predicted molar refractivity (Wildman–Crippen MR) is 103 cm³/mol. The number of benzene rings is 2. The fraction of sp³-hybridized carbons (Fsp3) is 0.227. The van der Waals surface area contributed by atoms with Crippen LogP contribution in [0.25, 0.3) is 11.3 Å². The van der Waals surface area contributed by atoms with E-state index in [4.69, 9.17) is 5.26 Å². The predicted octanol–water partition coefficient (Wildman–Crippen LogP) is 3.97. The minimum absolute atomic E-state index is 0.0204. The van der Waals surface area contributed by atoms with Crippen molar-refractivity contribution >= 4 is 5.91 Å². The third-order valence-corrected chi connectivity index (χ3v) is 5.08. The van der Waals surface area contributed by atoms with Crippen molar-refractivity contribution < 1.29 is 4.79 Å². The maximum atomic E-state index is 12.8. The molecule has 1 aromatic heterocycles. The standard InChI is InChI=1S/C22H20N4O/c23-14-16-8-10-18(11-9-16)22(27)26-12-4-7-19(15-26)21-13-20(24-25-21)17-5-2-1-3-6-17/h1-3,5-6,8-11,13,19H,4,7,12,15H2,(H,24,25)/t19-/m1/s1. The summed E-state index contributed by atoms with van der Waals surface area (Å²) in [7, 11) is 0. The zero-order chi connectivity index (χ0) is 18.6. The largest absolute Gasteiger partial charge is 0.338 e. The second-order valence-corrected chi connectivity index (χ2v) is 6.85. The van der Waals surface area contributed by atoms with Crippen LogP contribution in [0, 0.1) is 11.3 Å². The Morgan fingerprint density at radius 1 is 1.15 bits per heavy atom. The first-order chi connectivity index (χ1) is 13.2. The second kappa shape index (κ2) is 7.46. The fourth-order valence-electron chi connectivity index (χ4n) is 3.59. The minimum Gasteiger partial charge on any atom is -0.338 e. The van der Waals surface area contributed by atoms with E-state index < -0.39 is 0 Å². The number of amides is 1. The third kappa shape index (κ3) is 3.61. The van der Waals surface area contributed by atoms with E-state index >= 15 is 0 Å². The Balaban J connectivity index is 1.49. The lowest BCUT2D eigenvalue weighted by Crippen LogP contribution is -2.39. The molecule has 1 aliphatic rings. The number of piperidine rings is 1. The summed E-state index contributed by atoms with van der Waals surface area (Å²) in [5, 5.41) is 16.5. The topological polar surface area (TPSA) is 72.8 Å². The van der Waals surface area contributed by atoms with Gasteiger partial charge in [0.05, 0.1) is 17.3 Å². The van der Waals surface area contributed by atoms with Gasteiger partial charge in [0.1, 0.15) is 0 Å². The van der Waals surface area contributed by atoms with Crippen LogP contribution >= 0.6 is 0 Å². The second-order valence-electron chi connectivity index (χ2n) is 6.85. The third-order valence-electron chi connectivity index (χ3n) is 5.08. The van der Waals surface area contributed by atoms with E-state index in [0.717, 1.165) is 36.3 Å². The average Bonchev–Trinajstić information content (AvgIpc) is 3.24. The summed E-state index contributed by atoms with van der Waals surface area (Å²) in [5.74, 6) is 0.276. The van der Waals surface area contributed by atoms with Crippen molar-refractivity contribution in [3.63, 3.8) is 0 Å². The lowest BCUT2D eigenvalue weighted by Gasteiger charge is -2.32. The van der Waals surface area contributed by atoms with Crippen LogP contribution in [-0.2, 0) is 0 Å². The van der Waals surface area contributed by atoms with Crippen LogP contribution in [0.5, 0.6) is 0 Å². The molecule has 0 radical (unpaired) electrons. The van der Waals surface area contributed by atoms with Crippen molar-refractivity contribution in [2.75, 3.05) is 13.1 Å². The Hall–Kier alpha value is -3.39. The summed E-state index contributed by atoms with van der Waals surface area (Å²) in [4.78, 5) is 14.7. The van der Waals surface area contributed by atoms with E-state index in [1.54, 1.807) is 24.3 Å². The number of hydrogen-bond acceptors (Lipinski definition) is 3. The molecule has 0 aliphatic carbocycles. The van der Waals surface area contributed by atoms with Gasteiger partial charge in [0.2, 0.25) is 0 Å². The van der Waals surface area contributed by atoms with Gasteiger partial charge in [-0.3, -0.25) is 9.89 Å². The molecule has 2 aromatic carbocycles. The molecule has 0 bridgehead atoms. The van der Waals surface area contributed by atoms with Gasteiger partial charge in [-0.05, 0) is 43.2 Å². The van der Waals surface area contributed by atoms with Gasteiger partial charge in [0, 0.05) is 35.8 Å². The van der Waals surface area contributed by atoms with E-state index in [0.29, 0.717) is 17.7 Å². The molecule has 1 atom stereocenters. The zero-order valence-corrected chi connectivity index (χ0v) is 14.9. The minimum atomic E-state index is 0.0204. The molecule has 0 saturated carbocycles. The van der Waals surface area contributed by atoms with Gasteiger partial charge in [0.15, 0.2) is 0 Å². The number of H-pyrrole nitrogens is 1. The highest BCUT2D eigenvalue weighted by atomic mass is 16.2. The molecule has 0 unspecified atom stereocenters. The fourth-order valence-corrected chi connectivity index (χ4v) is 3.59. The van der Waals surface area contributed by atoms with Crippen molar-refractivity contribution in [1.82, 2.24) is 15.1 Å². The normalized spacial score (nSPS) is 16.7. The monoisotopic (exact) mass is 356 g/mol. The Labute approximate surface area is 158 Å². The number of carbonyl (C=O) groups is 1. The number of nitriles is 1. The summed E-state index contributed by atoms with van der Waals surface area (Å²) < 4.78 is 0. The number of aromatic amines is 1. The summed E-state index contributed by atoms with van der Waals surface area (Å²) in [6, 6.07) is 21.1. The molecule has 5 nitrogen and oxygen atoms in total. The van der Waals surface area contributed by atoms with Gasteiger partial charge < -0.3 is 4.90 Å². The van der Waals surface area contributed by atoms with E-state index in [1.165, 1.54) is 0 Å². The van der Waals surface area contributed by atoms with E-state index in [1.807, 2.05) is 35.2 Å². The molecular weight excluding hydrogens is 336 g/mol. The van der Waals surface area contributed by atoms with Crippen molar-refractivity contribution in [2.24, 2.45) is 0 Å². The van der Waals surface area contributed by atoms with Gasteiger partial charge in [0.25, 0.3) is 5.91 Å². The van der Waals surface area contributed by atoms with Crippen molar-refractivity contribution in [3.05, 3.63) is 77.5 Å².